The van der Waals surface area contributed by atoms with E-state index in [0.717, 1.165) is 18.8 Å². The van der Waals surface area contributed by atoms with Crippen LogP contribution in [0.4, 0.5) is 0 Å². The Kier molecular flexibility index (Phi) is 8.90. The van der Waals surface area contributed by atoms with Gasteiger partial charge in [-0.15, -0.1) is 12.4 Å². The lowest BCUT2D eigenvalue weighted by Gasteiger charge is -2.28. The summed E-state index contributed by atoms with van der Waals surface area (Å²) in [4.78, 5) is 14.7. The Balaban J connectivity index is 0.00000280. The number of halogens is 2. The number of carbonyl (C=O) groups is 1. The van der Waals surface area contributed by atoms with Crippen molar-refractivity contribution < 1.29 is 14.3 Å². The van der Waals surface area contributed by atoms with Crippen LogP contribution in [0.2, 0.25) is 5.02 Å². The predicted molar refractivity (Wildman–Crippen MR) is 114 cm³/mol. The summed E-state index contributed by atoms with van der Waals surface area (Å²) in [5, 5.41) is 3.50. The number of para-hydroxylation sites is 1. The molecule has 0 bridgehead atoms. The average Bonchev–Trinajstić information content (AvgIpc) is 3.22. The first-order valence-corrected chi connectivity index (χ1v) is 9.57. The van der Waals surface area contributed by atoms with Gasteiger partial charge in [0.05, 0.1) is 18.2 Å². The molecule has 1 unspecified atom stereocenters. The summed E-state index contributed by atoms with van der Waals surface area (Å²) in [5.74, 6) is 1.18. The van der Waals surface area contributed by atoms with E-state index >= 15 is 0 Å². The molecule has 7 heteroatoms. The smallest absolute Gasteiger partial charge is 0.258 e. The van der Waals surface area contributed by atoms with Crippen LogP contribution in [-0.2, 0) is 4.79 Å². The van der Waals surface area contributed by atoms with E-state index in [1.165, 1.54) is 18.4 Å². The molecule has 1 atom stereocenters. The number of carbonyl (C=O) groups excluding carboxylic acids is 1. The molecule has 1 aliphatic rings. The fourth-order valence-corrected chi connectivity index (χ4v) is 3.49. The fourth-order valence-electron chi connectivity index (χ4n) is 3.30. The van der Waals surface area contributed by atoms with Crippen LogP contribution in [0.1, 0.15) is 24.4 Å². The Labute approximate surface area is 177 Å². The topological polar surface area (TPSA) is 50.8 Å². The van der Waals surface area contributed by atoms with Gasteiger partial charge in [-0.1, -0.05) is 35.9 Å². The highest BCUT2D eigenvalue weighted by Crippen LogP contribution is 2.26. The molecular weight excluding hydrogens is 399 g/mol. The zero-order valence-corrected chi connectivity index (χ0v) is 17.5. The molecule has 1 aliphatic heterocycles. The van der Waals surface area contributed by atoms with Crippen molar-refractivity contribution in [3.63, 3.8) is 0 Å². The maximum absolute atomic E-state index is 12.3. The van der Waals surface area contributed by atoms with E-state index in [1.54, 1.807) is 19.2 Å². The van der Waals surface area contributed by atoms with Crippen molar-refractivity contribution in [2.45, 2.75) is 18.9 Å². The Hall–Kier alpha value is -1.95. The van der Waals surface area contributed by atoms with E-state index in [2.05, 4.69) is 22.3 Å². The molecule has 0 aliphatic carbocycles. The van der Waals surface area contributed by atoms with Crippen molar-refractivity contribution in [2.75, 3.05) is 33.4 Å². The first-order chi connectivity index (χ1) is 13.2. The number of hydrogen-bond acceptors (Lipinski definition) is 4. The number of likely N-dealkylation sites (tertiary alicyclic amines) is 1. The van der Waals surface area contributed by atoms with Gasteiger partial charge in [-0.2, -0.15) is 0 Å². The Morgan fingerprint density at radius 1 is 1.14 bits per heavy atom. The van der Waals surface area contributed by atoms with Gasteiger partial charge in [0, 0.05) is 6.54 Å². The van der Waals surface area contributed by atoms with Gasteiger partial charge in [-0.3, -0.25) is 9.69 Å². The highest BCUT2D eigenvalue weighted by atomic mass is 35.5. The van der Waals surface area contributed by atoms with Gasteiger partial charge < -0.3 is 14.8 Å². The van der Waals surface area contributed by atoms with Crippen molar-refractivity contribution in [1.29, 1.82) is 0 Å². The largest absolute Gasteiger partial charge is 0.497 e. The standard InChI is InChI=1S/C21H25ClN2O3.ClH/c1-26-17-10-8-16(9-11-17)19(24-12-4-5-13-24)14-23-21(25)15-27-20-7-3-2-6-18(20)22;/h2-3,6-11,19H,4-5,12-15H2,1H3,(H,23,25);1H. The maximum Gasteiger partial charge on any atom is 0.258 e. The number of rotatable bonds is 8. The van der Waals surface area contributed by atoms with Crippen LogP contribution in [0.25, 0.3) is 0 Å². The third-order valence-corrected chi connectivity index (χ3v) is 5.08. The molecule has 1 amide bonds. The molecule has 3 rings (SSSR count). The van der Waals surface area contributed by atoms with Crippen molar-refractivity contribution in [1.82, 2.24) is 10.2 Å². The number of nitrogens with one attached hydrogen (secondary N) is 1. The average molecular weight is 425 g/mol. The van der Waals surface area contributed by atoms with Crippen LogP contribution in [-0.4, -0.2) is 44.2 Å². The molecule has 0 spiro atoms. The lowest BCUT2D eigenvalue weighted by atomic mass is 10.1. The molecular formula is C21H26Cl2N2O3. The number of hydrogen-bond donors (Lipinski definition) is 1. The van der Waals surface area contributed by atoms with Crippen molar-refractivity contribution in [3.05, 3.63) is 59.1 Å². The van der Waals surface area contributed by atoms with E-state index in [0.29, 0.717) is 17.3 Å². The summed E-state index contributed by atoms with van der Waals surface area (Å²) in [5.41, 5.74) is 1.17. The zero-order chi connectivity index (χ0) is 19.1. The molecule has 1 fully saturated rings. The molecule has 2 aromatic carbocycles. The van der Waals surface area contributed by atoms with E-state index in [1.807, 2.05) is 24.3 Å². The second-order valence-corrected chi connectivity index (χ2v) is 6.96. The molecule has 5 nitrogen and oxygen atoms in total. The molecule has 0 saturated carbocycles. The lowest BCUT2D eigenvalue weighted by Crippen LogP contribution is -2.38. The third kappa shape index (κ3) is 6.03. The number of nitrogens with zero attached hydrogens (tertiary/aromatic N) is 1. The first-order valence-electron chi connectivity index (χ1n) is 9.19. The number of methoxy groups -OCH3 is 1. The fraction of sp³-hybridized carbons (Fsp3) is 0.381. The minimum Gasteiger partial charge on any atom is -0.497 e. The summed E-state index contributed by atoms with van der Waals surface area (Å²) in [7, 11) is 1.66. The van der Waals surface area contributed by atoms with Gasteiger partial charge in [0.1, 0.15) is 11.5 Å². The molecule has 28 heavy (non-hydrogen) atoms. The van der Waals surface area contributed by atoms with E-state index in [4.69, 9.17) is 21.1 Å². The third-order valence-electron chi connectivity index (χ3n) is 4.77. The predicted octanol–water partition coefficient (Wildman–Crippen LogP) is 4.10. The number of benzene rings is 2. The van der Waals surface area contributed by atoms with Crippen LogP contribution in [0.3, 0.4) is 0 Å². The molecule has 0 radical (unpaired) electrons. The van der Waals surface area contributed by atoms with Gasteiger partial charge in [-0.05, 0) is 55.8 Å². The summed E-state index contributed by atoms with van der Waals surface area (Å²) in [6, 6.07) is 15.3. The highest BCUT2D eigenvalue weighted by Gasteiger charge is 2.24. The molecule has 2 aromatic rings. The minimum absolute atomic E-state index is 0. The van der Waals surface area contributed by atoms with Crippen LogP contribution < -0.4 is 14.8 Å². The van der Waals surface area contributed by atoms with Crippen molar-refractivity contribution >= 4 is 29.9 Å². The molecule has 1 N–H and O–H groups in total. The lowest BCUT2D eigenvalue weighted by molar-refractivity contribution is -0.123. The Bertz CT molecular complexity index is 750. The second-order valence-electron chi connectivity index (χ2n) is 6.56. The van der Waals surface area contributed by atoms with Crippen molar-refractivity contribution in [2.24, 2.45) is 0 Å². The molecule has 1 heterocycles. The highest BCUT2D eigenvalue weighted by molar-refractivity contribution is 6.32. The zero-order valence-electron chi connectivity index (χ0n) is 15.9. The summed E-state index contributed by atoms with van der Waals surface area (Å²) in [6.45, 7) is 2.57. The Morgan fingerprint density at radius 3 is 2.46 bits per heavy atom. The summed E-state index contributed by atoms with van der Waals surface area (Å²) >= 11 is 6.05. The Morgan fingerprint density at radius 2 is 1.82 bits per heavy atom. The van der Waals surface area contributed by atoms with E-state index in [9.17, 15) is 4.79 Å². The number of ether oxygens (including phenoxy) is 2. The van der Waals surface area contributed by atoms with Crippen LogP contribution in [0.15, 0.2) is 48.5 Å². The number of amides is 1. The van der Waals surface area contributed by atoms with Crippen LogP contribution in [0.5, 0.6) is 11.5 Å². The van der Waals surface area contributed by atoms with Gasteiger partial charge in [-0.25, -0.2) is 0 Å². The minimum atomic E-state index is -0.160. The van der Waals surface area contributed by atoms with Crippen LogP contribution in [0, 0.1) is 0 Å². The normalized spacial score (nSPS) is 14.8. The summed E-state index contributed by atoms with van der Waals surface area (Å²) in [6.07, 6.45) is 2.38. The van der Waals surface area contributed by atoms with Gasteiger partial charge in [0.2, 0.25) is 0 Å². The van der Waals surface area contributed by atoms with Gasteiger partial charge in [0.15, 0.2) is 6.61 Å². The monoisotopic (exact) mass is 424 g/mol. The second kappa shape index (κ2) is 11.1. The maximum atomic E-state index is 12.3. The van der Waals surface area contributed by atoms with E-state index < -0.39 is 0 Å². The quantitative estimate of drug-likeness (QED) is 0.692. The van der Waals surface area contributed by atoms with Crippen molar-refractivity contribution in [3.8, 4) is 11.5 Å². The molecule has 152 valence electrons. The molecule has 1 saturated heterocycles. The van der Waals surface area contributed by atoms with Gasteiger partial charge >= 0.3 is 0 Å². The SMILES string of the molecule is COc1ccc(C(CNC(=O)COc2ccccc2Cl)N2CCCC2)cc1.Cl. The molecule has 0 aromatic heterocycles. The van der Waals surface area contributed by atoms with E-state index in [-0.39, 0.29) is 31.0 Å². The summed E-state index contributed by atoms with van der Waals surface area (Å²) < 4.78 is 10.8. The van der Waals surface area contributed by atoms with Gasteiger partial charge in [0.25, 0.3) is 5.91 Å². The first kappa shape index (κ1) is 22.3. The van der Waals surface area contributed by atoms with Crippen LogP contribution >= 0.6 is 24.0 Å².